The van der Waals surface area contributed by atoms with Crippen LogP contribution in [0.5, 0.6) is 0 Å². The molecule has 0 spiro atoms. The highest BCUT2D eigenvalue weighted by Crippen LogP contribution is 2.66. The van der Waals surface area contributed by atoms with E-state index in [9.17, 15) is 0 Å². The van der Waals surface area contributed by atoms with Crippen molar-refractivity contribution >= 4 is 28.6 Å². The highest BCUT2D eigenvalue weighted by atomic mass is 32.1. The molecular weight excluding hydrogens is 1190 g/mol. The van der Waals surface area contributed by atoms with Crippen molar-refractivity contribution in [3.05, 3.63) is 194 Å². The molecule has 0 bridgehead atoms. The molecule has 0 radical (unpaired) electrons. The van der Waals surface area contributed by atoms with Crippen LogP contribution in [0.4, 0.5) is 0 Å². The highest BCUT2D eigenvalue weighted by molar-refractivity contribution is 7.13. The van der Waals surface area contributed by atoms with Gasteiger partial charge in [0.05, 0.1) is 0 Å². The molecule has 0 amide bonds. The second-order valence-corrected chi connectivity index (χ2v) is 34.1. The van der Waals surface area contributed by atoms with Crippen molar-refractivity contribution in [2.75, 3.05) is 0 Å². The molecule has 12 rings (SSSR count). The number of hydrogen-bond donors (Lipinski definition) is 0. The van der Waals surface area contributed by atoms with Gasteiger partial charge in [-0.05, 0) is 263 Å². The lowest BCUT2D eigenvalue weighted by Crippen LogP contribution is -2.37. The predicted octanol–water partition coefficient (Wildman–Crippen LogP) is 27.7. The van der Waals surface area contributed by atoms with Crippen LogP contribution in [0.3, 0.4) is 0 Å². The van der Waals surface area contributed by atoms with Gasteiger partial charge in [-0.1, -0.05) is 298 Å². The summed E-state index contributed by atoms with van der Waals surface area (Å²) in [7, 11) is 0. The fourth-order valence-corrected chi connectivity index (χ4v) is 20.9. The molecule has 0 saturated heterocycles. The summed E-state index contributed by atoms with van der Waals surface area (Å²) in [4.78, 5) is 1.38. The van der Waals surface area contributed by atoms with Crippen molar-refractivity contribution in [3.63, 3.8) is 0 Å². The van der Waals surface area contributed by atoms with E-state index < -0.39 is 0 Å². The van der Waals surface area contributed by atoms with Crippen molar-refractivity contribution in [2.45, 2.75) is 268 Å². The Bertz CT molecular complexity index is 4060. The first-order valence-electron chi connectivity index (χ1n) is 40.0. The van der Waals surface area contributed by atoms with Crippen molar-refractivity contribution in [3.8, 4) is 54.9 Å². The van der Waals surface area contributed by atoms with E-state index in [1.54, 1.807) is 50.1 Å². The maximum Gasteiger partial charge on any atom is 0.0342 e. The second kappa shape index (κ2) is 29.8. The van der Waals surface area contributed by atoms with Gasteiger partial charge >= 0.3 is 0 Å². The fourth-order valence-electron chi connectivity index (χ4n) is 20.2. The Morgan fingerprint density at radius 1 is 0.351 bits per heavy atom. The van der Waals surface area contributed by atoms with Gasteiger partial charge in [-0.15, -0.1) is 11.3 Å². The average molecular weight is 1310 g/mol. The summed E-state index contributed by atoms with van der Waals surface area (Å²) in [5, 5.41) is 5.18. The molecule has 1 aromatic heterocycles. The number of unbranched alkanes of at least 4 members (excludes halogenated alkanes) is 2. The minimum atomic E-state index is -0.133. The number of rotatable bonds is 33. The smallest absolute Gasteiger partial charge is 0.0342 e. The van der Waals surface area contributed by atoms with Gasteiger partial charge in [0.2, 0.25) is 0 Å². The predicted molar refractivity (Wildman–Crippen MR) is 426 cm³/mol. The maximum absolute atomic E-state index is 2.93. The van der Waals surface area contributed by atoms with Crippen LogP contribution in [-0.4, -0.2) is 0 Å². The summed E-state index contributed by atoms with van der Waals surface area (Å²) in [5.74, 6) is 4.85. The first kappa shape index (κ1) is 71.1. The zero-order valence-electron chi connectivity index (χ0n) is 63.4. The maximum atomic E-state index is 2.93. The standard InChI is InChI=1S/C96H124S/c1-17-27-32-69(25-9)60-95(61-70(26-10)33-28-18-2)87-51-73(39-44-80(87)81-46-41-76(53-88(81)95)90-36-31-47-97-90)71-37-42-78-79-43-38-72(50-86(79)94(85(78)49-71,56-65(13)21-5)57-66(14)22-6)74-40-45-82-84-62-93(54-63(11)19-3,55-64(12)20-4)91-77-35-30-29-34-75(77)48-83(91)92(84)96(89(82)52-74,58-67(15)23-7)59-68(16)24-8/h29-31,34-53,62-70H,17-28,32-33,54-61H2,1-16H3. The van der Waals surface area contributed by atoms with E-state index in [0.717, 1.165) is 12.8 Å². The third-order valence-corrected chi connectivity index (χ3v) is 27.4. The molecule has 0 nitrogen and oxygen atoms in total. The summed E-state index contributed by atoms with van der Waals surface area (Å²) >= 11 is 1.89. The van der Waals surface area contributed by atoms with E-state index in [-0.39, 0.29) is 21.7 Å². The molecule has 6 aromatic carbocycles. The molecule has 1 heteroatoms. The van der Waals surface area contributed by atoms with Crippen molar-refractivity contribution in [1.82, 2.24) is 0 Å². The topological polar surface area (TPSA) is 0 Å². The Hall–Kier alpha value is -5.76. The quantitative estimate of drug-likeness (QED) is 0.0385. The van der Waals surface area contributed by atoms with Gasteiger partial charge in [0, 0.05) is 26.5 Å². The SMILES string of the molecule is CCCCC(CC)CC1(CC(CC)CCCC)c2cc(-c3ccc4c(c3)C(CC(C)CC)(CC(C)CC)c3cc(-c5ccc6c(c5)C(CC(C)CC)(CC(C)CC)C5=C7C=c8ccccc8=C7C(CC(C)CC)(CC(C)CC)C=C56)ccc3-4)ccc2-c2ccc(-c3cccs3)cc21. The Morgan fingerprint density at radius 2 is 0.732 bits per heavy atom. The van der Waals surface area contributed by atoms with Crippen LogP contribution in [0.1, 0.15) is 285 Å². The summed E-state index contributed by atoms with van der Waals surface area (Å²) < 4.78 is 0. The molecule has 5 aliphatic carbocycles. The van der Waals surface area contributed by atoms with Crippen LogP contribution in [0.2, 0.25) is 0 Å². The Morgan fingerprint density at radius 3 is 1.14 bits per heavy atom. The molecule has 1 heterocycles. The minimum Gasteiger partial charge on any atom is -0.144 e. The zero-order chi connectivity index (χ0) is 68.6. The number of benzene rings is 6. The fraction of sp³-hybridized carbons (Fsp3) is 0.521. The minimum absolute atomic E-state index is 0.0472. The average Bonchev–Trinajstić information content (AvgIpc) is 1.53. The van der Waals surface area contributed by atoms with Gasteiger partial charge in [-0.25, -0.2) is 0 Å². The van der Waals surface area contributed by atoms with Gasteiger partial charge < -0.3 is 0 Å². The van der Waals surface area contributed by atoms with Crippen LogP contribution in [0.15, 0.2) is 150 Å². The summed E-state index contributed by atoms with van der Waals surface area (Å²) in [5.41, 5.74) is 28.4. The lowest BCUT2D eigenvalue weighted by molar-refractivity contribution is 0.266. The van der Waals surface area contributed by atoms with E-state index >= 15 is 0 Å². The third-order valence-electron chi connectivity index (χ3n) is 26.5. The summed E-state index contributed by atoms with van der Waals surface area (Å²) in [6, 6.07) is 53.4. The molecule has 0 aliphatic heterocycles. The van der Waals surface area contributed by atoms with E-state index in [0.29, 0.717) is 47.3 Å². The highest BCUT2D eigenvalue weighted by Gasteiger charge is 2.54. The summed E-state index contributed by atoms with van der Waals surface area (Å²) in [6.07, 6.45) is 32.4. The zero-order valence-corrected chi connectivity index (χ0v) is 64.3. The van der Waals surface area contributed by atoms with Crippen LogP contribution in [0, 0.1) is 52.8 Å². The molecule has 0 saturated carbocycles. The molecule has 7 aromatic rings. The Labute approximate surface area is 594 Å². The van der Waals surface area contributed by atoms with Crippen molar-refractivity contribution in [2.24, 2.45) is 52.8 Å². The number of hydrogen-bond acceptors (Lipinski definition) is 1. The monoisotopic (exact) mass is 1310 g/mol. The molecule has 8 atom stereocenters. The van der Waals surface area contributed by atoms with E-state index in [4.69, 9.17) is 0 Å². The Balaban J connectivity index is 1.04. The molecule has 97 heavy (non-hydrogen) atoms. The molecule has 0 N–H and O–H groups in total. The van der Waals surface area contributed by atoms with Crippen LogP contribution < -0.4 is 10.4 Å². The van der Waals surface area contributed by atoms with Gasteiger partial charge in [-0.2, -0.15) is 0 Å². The Kier molecular flexibility index (Phi) is 21.9. The second-order valence-electron chi connectivity index (χ2n) is 33.2. The first-order valence-corrected chi connectivity index (χ1v) is 40.9. The van der Waals surface area contributed by atoms with Gasteiger partial charge in [0.25, 0.3) is 0 Å². The number of thiophene rings is 1. The first-order chi connectivity index (χ1) is 46.9. The number of allylic oxidation sites excluding steroid dienone is 4. The lowest BCUT2D eigenvalue weighted by Gasteiger charge is -2.45. The normalized spacial score (nSPS) is 22.6. The van der Waals surface area contributed by atoms with E-state index in [1.807, 2.05) is 11.3 Å². The van der Waals surface area contributed by atoms with Gasteiger partial charge in [0.1, 0.15) is 0 Å². The molecule has 5 aliphatic rings. The van der Waals surface area contributed by atoms with Crippen LogP contribution >= 0.6 is 11.3 Å². The van der Waals surface area contributed by atoms with E-state index in [1.165, 1.54) is 199 Å². The van der Waals surface area contributed by atoms with Crippen LogP contribution in [0.25, 0.3) is 72.2 Å². The van der Waals surface area contributed by atoms with E-state index in [2.05, 4.69) is 256 Å². The van der Waals surface area contributed by atoms with Gasteiger partial charge in [-0.3, -0.25) is 0 Å². The van der Waals surface area contributed by atoms with Gasteiger partial charge in [0.15, 0.2) is 0 Å². The largest absolute Gasteiger partial charge is 0.144 e. The summed E-state index contributed by atoms with van der Waals surface area (Å²) in [6.45, 7) is 39.7. The molecular formula is C96H124S. The number of fused-ring (bicyclic) bond motifs is 11. The van der Waals surface area contributed by atoms with Crippen molar-refractivity contribution < 1.29 is 0 Å². The molecule has 514 valence electrons. The molecule has 8 unspecified atom stereocenters. The van der Waals surface area contributed by atoms with Crippen LogP contribution in [-0.2, 0) is 16.2 Å². The van der Waals surface area contributed by atoms with Crippen molar-refractivity contribution in [1.29, 1.82) is 0 Å². The lowest BCUT2D eigenvalue weighted by atomic mass is 9.58. The third kappa shape index (κ3) is 13.0. The molecule has 0 fully saturated rings.